The average Bonchev–Trinajstić information content (AvgIpc) is 2.31. The molecule has 0 bridgehead atoms. The lowest BCUT2D eigenvalue weighted by Crippen LogP contribution is -2.04. The average molecular weight is 307 g/mol. The van der Waals surface area contributed by atoms with Gasteiger partial charge in [-0.1, -0.05) is 34.8 Å². The zero-order valence-corrected chi connectivity index (χ0v) is 11.1. The maximum Gasteiger partial charge on any atom is 0.124 e. The predicted octanol–water partition coefficient (Wildman–Crippen LogP) is 4.26. The summed E-state index contributed by atoms with van der Waals surface area (Å²) in [5.41, 5.74) is 0.377. The van der Waals surface area contributed by atoms with Gasteiger partial charge in [-0.05, 0) is 24.3 Å². The lowest BCUT2D eigenvalue weighted by atomic mass is 10.1. The van der Waals surface area contributed by atoms with Gasteiger partial charge in [0.05, 0.1) is 15.7 Å². The molecular formula is C12H7Cl3FNO. The van der Waals surface area contributed by atoms with Gasteiger partial charge in [0.25, 0.3) is 0 Å². The Morgan fingerprint density at radius 2 is 1.83 bits per heavy atom. The van der Waals surface area contributed by atoms with E-state index in [1.807, 2.05) is 0 Å². The summed E-state index contributed by atoms with van der Waals surface area (Å²) in [5.74, 6) is -0.501. The number of hydrogen-bond acceptors (Lipinski definition) is 2. The van der Waals surface area contributed by atoms with Crippen molar-refractivity contribution in [1.29, 1.82) is 0 Å². The van der Waals surface area contributed by atoms with Gasteiger partial charge in [0.1, 0.15) is 11.9 Å². The Kier molecular flexibility index (Phi) is 4.07. The maximum absolute atomic E-state index is 13.1. The van der Waals surface area contributed by atoms with Crippen molar-refractivity contribution in [3.05, 3.63) is 62.6 Å². The van der Waals surface area contributed by atoms with Gasteiger partial charge in [-0.15, -0.1) is 0 Å². The Morgan fingerprint density at radius 3 is 2.50 bits per heavy atom. The van der Waals surface area contributed by atoms with Crippen LogP contribution in [0.2, 0.25) is 15.1 Å². The number of aliphatic hydroxyl groups is 1. The molecule has 1 N–H and O–H groups in total. The molecule has 2 rings (SSSR count). The minimum Gasteiger partial charge on any atom is -0.382 e. The molecule has 0 aliphatic carbocycles. The van der Waals surface area contributed by atoms with Crippen LogP contribution in [0.25, 0.3) is 0 Å². The highest BCUT2D eigenvalue weighted by Gasteiger charge is 2.19. The second-order valence-electron chi connectivity index (χ2n) is 3.59. The van der Waals surface area contributed by atoms with E-state index in [2.05, 4.69) is 4.98 Å². The summed E-state index contributed by atoms with van der Waals surface area (Å²) in [6, 6.07) is 5.15. The van der Waals surface area contributed by atoms with Crippen LogP contribution in [-0.4, -0.2) is 10.1 Å². The molecule has 0 fully saturated rings. The molecule has 18 heavy (non-hydrogen) atoms. The van der Waals surface area contributed by atoms with Crippen LogP contribution in [0.5, 0.6) is 0 Å². The molecule has 0 saturated carbocycles. The predicted molar refractivity (Wildman–Crippen MR) is 69.7 cm³/mol. The molecule has 6 heteroatoms. The molecule has 2 nitrogen and oxygen atoms in total. The van der Waals surface area contributed by atoms with Gasteiger partial charge in [-0.25, -0.2) is 4.39 Å². The normalized spacial score (nSPS) is 12.5. The Labute approximate surface area is 118 Å². The molecular weight excluding hydrogens is 299 g/mol. The number of rotatable bonds is 2. The number of halogens is 4. The van der Waals surface area contributed by atoms with E-state index < -0.39 is 11.9 Å². The van der Waals surface area contributed by atoms with E-state index in [0.29, 0.717) is 5.02 Å². The highest BCUT2D eigenvalue weighted by atomic mass is 35.5. The zero-order chi connectivity index (χ0) is 13.3. The Balaban J connectivity index is 2.47. The fourth-order valence-corrected chi connectivity index (χ4v) is 2.20. The highest BCUT2D eigenvalue weighted by molar-refractivity contribution is 6.35. The SMILES string of the molecule is OC(c1cc(F)ccc1Cl)c1ncc(Cl)cc1Cl. The molecule has 0 aliphatic heterocycles. The molecule has 94 valence electrons. The van der Waals surface area contributed by atoms with Crippen LogP contribution < -0.4 is 0 Å². The first-order valence-electron chi connectivity index (χ1n) is 4.93. The van der Waals surface area contributed by atoms with Crippen molar-refractivity contribution < 1.29 is 9.50 Å². The molecule has 0 aliphatic rings. The van der Waals surface area contributed by atoms with Gasteiger partial charge < -0.3 is 5.11 Å². The van der Waals surface area contributed by atoms with Crippen molar-refractivity contribution in [3.8, 4) is 0 Å². The number of aliphatic hydroxyl groups excluding tert-OH is 1. The first-order chi connectivity index (χ1) is 8.49. The number of hydrogen-bond donors (Lipinski definition) is 1. The molecule has 1 atom stereocenters. The van der Waals surface area contributed by atoms with Crippen LogP contribution in [0, 0.1) is 5.82 Å². The smallest absolute Gasteiger partial charge is 0.124 e. The summed E-state index contributed by atoms with van der Waals surface area (Å²) in [7, 11) is 0. The van der Waals surface area contributed by atoms with E-state index in [1.54, 1.807) is 0 Å². The van der Waals surface area contributed by atoms with Crippen LogP contribution in [-0.2, 0) is 0 Å². The lowest BCUT2D eigenvalue weighted by Gasteiger charge is -2.13. The number of nitrogens with zero attached hydrogens (tertiary/aromatic N) is 1. The third-order valence-electron chi connectivity index (χ3n) is 2.35. The fraction of sp³-hybridized carbons (Fsp3) is 0.0833. The van der Waals surface area contributed by atoms with E-state index in [4.69, 9.17) is 34.8 Å². The Bertz CT molecular complexity index is 592. The molecule has 2 aromatic rings. The van der Waals surface area contributed by atoms with Crippen molar-refractivity contribution >= 4 is 34.8 Å². The topological polar surface area (TPSA) is 33.1 Å². The zero-order valence-electron chi connectivity index (χ0n) is 8.87. The van der Waals surface area contributed by atoms with Crippen molar-refractivity contribution in [3.63, 3.8) is 0 Å². The van der Waals surface area contributed by atoms with E-state index >= 15 is 0 Å². The van der Waals surface area contributed by atoms with Crippen LogP contribution in [0.1, 0.15) is 17.4 Å². The van der Waals surface area contributed by atoms with Gasteiger partial charge in [0, 0.05) is 16.8 Å². The van der Waals surface area contributed by atoms with Crippen molar-refractivity contribution in [1.82, 2.24) is 4.98 Å². The van der Waals surface area contributed by atoms with Crippen molar-refractivity contribution in [2.24, 2.45) is 0 Å². The lowest BCUT2D eigenvalue weighted by molar-refractivity contribution is 0.215. The van der Waals surface area contributed by atoms with Crippen LogP contribution in [0.15, 0.2) is 30.5 Å². The number of aromatic nitrogens is 1. The van der Waals surface area contributed by atoms with Crippen molar-refractivity contribution in [2.45, 2.75) is 6.10 Å². The summed E-state index contributed by atoms with van der Waals surface area (Å²) in [5, 5.41) is 10.9. The van der Waals surface area contributed by atoms with E-state index in [1.165, 1.54) is 24.4 Å². The number of benzene rings is 1. The largest absolute Gasteiger partial charge is 0.382 e. The molecule has 0 spiro atoms. The highest BCUT2D eigenvalue weighted by Crippen LogP contribution is 2.32. The summed E-state index contributed by atoms with van der Waals surface area (Å²) in [4.78, 5) is 3.93. The third kappa shape index (κ3) is 2.75. The summed E-state index contributed by atoms with van der Waals surface area (Å²) < 4.78 is 13.1. The molecule has 1 heterocycles. The second kappa shape index (κ2) is 5.41. The van der Waals surface area contributed by atoms with E-state index in [9.17, 15) is 9.50 Å². The van der Waals surface area contributed by atoms with Gasteiger partial charge in [0.15, 0.2) is 0 Å². The van der Waals surface area contributed by atoms with E-state index in [-0.39, 0.29) is 21.3 Å². The summed E-state index contributed by atoms with van der Waals surface area (Å²) in [6.45, 7) is 0. The standard InChI is InChI=1S/C12H7Cl3FNO/c13-6-3-10(15)11(17-5-6)12(18)8-4-7(16)1-2-9(8)14/h1-5,12,18H. The van der Waals surface area contributed by atoms with Gasteiger partial charge in [-0.3, -0.25) is 4.98 Å². The first-order valence-corrected chi connectivity index (χ1v) is 6.06. The monoisotopic (exact) mass is 305 g/mol. The molecule has 0 amide bonds. The quantitative estimate of drug-likeness (QED) is 0.899. The Hall–Kier alpha value is -0.870. The fourth-order valence-electron chi connectivity index (χ4n) is 1.50. The third-order valence-corrected chi connectivity index (χ3v) is 3.20. The number of pyridine rings is 1. The first kappa shape index (κ1) is 13.6. The minimum absolute atomic E-state index is 0.175. The molecule has 0 radical (unpaired) electrons. The second-order valence-corrected chi connectivity index (χ2v) is 4.84. The molecule has 1 aromatic heterocycles. The van der Waals surface area contributed by atoms with Crippen LogP contribution in [0.3, 0.4) is 0 Å². The molecule has 1 unspecified atom stereocenters. The van der Waals surface area contributed by atoms with Crippen LogP contribution >= 0.6 is 34.8 Å². The maximum atomic E-state index is 13.1. The van der Waals surface area contributed by atoms with Crippen LogP contribution in [0.4, 0.5) is 4.39 Å². The summed E-state index contributed by atoms with van der Waals surface area (Å²) in [6.07, 6.45) is 0.136. The molecule has 1 aromatic carbocycles. The minimum atomic E-state index is -1.21. The van der Waals surface area contributed by atoms with Gasteiger partial charge >= 0.3 is 0 Å². The van der Waals surface area contributed by atoms with Gasteiger partial charge in [0.2, 0.25) is 0 Å². The van der Waals surface area contributed by atoms with Crippen molar-refractivity contribution in [2.75, 3.05) is 0 Å². The molecule has 0 saturated heterocycles. The van der Waals surface area contributed by atoms with Gasteiger partial charge in [-0.2, -0.15) is 0 Å². The van der Waals surface area contributed by atoms with E-state index in [0.717, 1.165) is 6.07 Å². The Morgan fingerprint density at radius 1 is 1.11 bits per heavy atom. The summed E-state index contributed by atoms with van der Waals surface area (Å²) >= 11 is 17.5.